The maximum Gasteiger partial charge on any atom is 0.257 e. The van der Waals surface area contributed by atoms with Crippen molar-refractivity contribution in [1.82, 2.24) is 10.1 Å². The lowest BCUT2D eigenvalue weighted by Crippen LogP contribution is -2.25. The van der Waals surface area contributed by atoms with Gasteiger partial charge in [0, 0.05) is 30.1 Å². The molecule has 0 spiro atoms. The minimum atomic E-state index is -0.0476. The average Bonchev–Trinajstić information content (AvgIpc) is 3.25. The van der Waals surface area contributed by atoms with Gasteiger partial charge in [-0.2, -0.15) is 4.98 Å². The van der Waals surface area contributed by atoms with Crippen molar-refractivity contribution in [3.63, 3.8) is 0 Å². The minimum Gasteiger partial charge on any atom is -0.334 e. The molecule has 1 fully saturated rings. The number of benzene rings is 2. The van der Waals surface area contributed by atoms with Gasteiger partial charge in [-0.05, 0) is 43.2 Å². The number of anilines is 1. The van der Waals surface area contributed by atoms with Crippen LogP contribution in [0.5, 0.6) is 0 Å². The highest BCUT2D eigenvalue weighted by atomic mass is 16.5. The molecule has 1 atom stereocenters. The second kappa shape index (κ2) is 6.16. The Bertz CT molecular complexity index is 918. The van der Waals surface area contributed by atoms with Crippen LogP contribution in [0.15, 0.2) is 53.1 Å². The standard InChI is InChI=1S/C20H19N3O2/c1-13-7-6-10-17(14(13)2)23-12-16(11-18(23)24)19-21-20(25-22-19)15-8-4-3-5-9-15/h3-10,16H,11-12H2,1-2H3. The Balaban J connectivity index is 1.59. The van der Waals surface area contributed by atoms with Crippen molar-refractivity contribution in [3.8, 4) is 11.5 Å². The van der Waals surface area contributed by atoms with Crippen LogP contribution in [0.1, 0.15) is 29.3 Å². The Hall–Kier alpha value is -2.95. The monoisotopic (exact) mass is 333 g/mol. The maximum absolute atomic E-state index is 12.5. The van der Waals surface area contributed by atoms with Gasteiger partial charge in [0.2, 0.25) is 5.91 Å². The van der Waals surface area contributed by atoms with Crippen LogP contribution in [-0.2, 0) is 4.79 Å². The van der Waals surface area contributed by atoms with E-state index in [2.05, 4.69) is 23.1 Å². The SMILES string of the molecule is Cc1cccc(N2CC(c3noc(-c4ccccc4)n3)CC2=O)c1C. The Labute approximate surface area is 146 Å². The fourth-order valence-electron chi connectivity index (χ4n) is 3.24. The molecule has 1 aliphatic heterocycles. The number of carbonyl (C=O) groups is 1. The number of aromatic nitrogens is 2. The van der Waals surface area contributed by atoms with Crippen LogP contribution < -0.4 is 4.90 Å². The topological polar surface area (TPSA) is 59.2 Å². The van der Waals surface area contributed by atoms with E-state index in [1.807, 2.05) is 54.3 Å². The van der Waals surface area contributed by atoms with E-state index in [1.54, 1.807) is 0 Å². The van der Waals surface area contributed by atoms with Crippen LogP contribution in [0.3, 0.4) is 0 Å². The van der Waals surface area contributed by atoms with Gasteiger partial charge in [-0.1, -0.05) is 35.5 Å². The molecule has 0 N–H and O–H groups in total. The molecule has 1 saturated heterocycles. The molecular weight excluding hydrogens is 314 g/mol. The normalized spacial score (nSPS) is 17.3. The number of nitrogens with zero attached hydrogens (tertiary/aromatic N) is 3. The lowest BCUT2D eigenvalue weighted by molar-refractivity contribution is -0.117. The molecule has 126 valence electrons. The van der Waals surface area contributed by atoms with E-state index in [1.165, 1.54) is 5.56 Å². The summed E-state index contributed by atoms with van der Waals surface area (Å²) in [6.45, 7) is 4.69. The van der Waals surface area contributed by atoms with Crippen molar-refractivity contribution in [2.75, 3.05) is 11.4 Å². The van der Waals surface area contributed by atoms with Crippen molar-refractivity contribution >= 4 is 11.6 Å². The number of rotatable bonds is 3. The summed E-state index contributed by atoms with van der Waals surface area (Å²) in [5, 5.41) is 4.11. The van der Waals surface area contributed by atoms with Crippen LogP contribution >= 0.6 is 0 Å². The van der Waals surface area contributed by atoms with E-state index < -0.39 is 0 Å². The van der Waals surface area contributed by atoms with E-state index in [-0.39, 0.29) is 11.8 Å². The fourth-order valence-corrected chi connectivity index (χ4v) is 3.24. The number of hydrogen-bond donors (Lipinski definition) is 0. The van der Waals surface area contributed by atoms with Crippen LogP contribution in [0.2, 0.25) is 0 Å². The first-order valence-corrected chi connectivity index (χ1v) is 8.39. The molecule has 4 rings (SSSR count). The van der Waals surface area contributed by atoms with E-state index in [0.29, 0.717) is 24.7 Å². The summed E-state index contributed by atoms with van der Waals surface area (Å²) >= 11 is 0. The molecule has 0 saturated carbocycles. The number of hydrogen-bond acceptors (Lipinski definition) is 4. The van der Waals surface area contributed by atoms with Crippen molar-refractivity contribution in [1.29, 1.82) is 0 Å². The quantitative estimate of drug-likeness (QED) is 0.730. The van der Waals surface area contributed by atoms with Gasteiger partial charge in [0.05, 0.1) is 0 Å². The smallest absolute Gasteiger partial charge is 0.257 e. The zero-order chi connectivity index (χ0) is 17.4. The molecule has 3 aromatic rings. The Morgan fingerprint density at radius 1 is 1.08 bits per heavy atom. The van der Waals surface area contributed by atoms with Gasteiger partial charge < -0.3 is 9.42 Å². The first-order valence-electron chi connectivity index (χ1n) is 8.39. The highest BCUT2D eigenvalue weighted by Crippen LogP contribution is 2.33. The van der Waals surface area contributed by atoms with E-state index in [0.717, 1.165) is 16.8 Å². The highest BCUT2D eigenvalue weighted by molar-refractivity contribution is 5.97. The second-order valence-corrected chi connectivity index (χ2v) is 6.45. The molecule has 2 aromatic carbocycles. The summed E-state index contributed by atoms with van der Waals surface area (Å²) in [5.74, 6) is 1.15. The second-order valence-electron chi connectivity index (χ2n) is 6.45. The van der Waals surface area contributed by atoms with Crippen LogP contribution in [-0.4, -0.2) is 22.6 Å². The van der Waals surface area contributed by atoms with E-state index in [9.17, 15) is 4.79 Å². The van der Waals surface area contributed by atoms with Gasteiger partial charge in [-0.15, -0.1) is 0 Å². The van der Waals surface area contributed by atoms with Crippen molar-refractivity contribution in [2.24, 2.45) is 0 Å². The van der Waals surface area contributed by atoms with Crippen molar-refractivity contribution in [2.45, 2.75) is 26.2 Å². The summed E-state index contributed by atoms with van der Waals surface area (Å²) in [4.78, 5) is 18.9. The third-order valence-electron chi connectivity index (χ3n) is 4.82. The molecular formula is C20H19N3O2. The summed E-state index contributed by atoms with van der Waals surface area (Å²) in [5.41, 5.74) is 4.17. The van der Waals surface area contributed by atoms with Gasteiger partial charge in [0.25, 0.3) is 5.89 Å². The lowest BCUT2D eigenvalue weighted by atomic mass is 10.1. The zero-order valence-electron chi connectivity index (χ0n) is 14.3. The Morgan fingerprint density at radius 3 is 2.68 bits per heavy atom. The molecule has 1 aliphatic rings. The predicted molar refractivity (Wildman–Crippen MR) is 95.4 cm³/mol. The third-order valence-corrected chi connectivity index (χ3v) is 4.82. The van der Waals surface area contributed by atoms with Gasteiger partial charge in [0.15, 0.2) is 5.82 Å². The molecule has 1 unspecified atom stereocenters. The molecule has 0 radical (unpaired) electrons. The minimum absolute atomic E-state index is 0.0476. The molecule has 0 bridgehead atoms. The largest absolute Gasteiger partial charge is 0.334 e. The molecule has 25 heavy (non-hydrogen) atoms. The molecule has 1 amide bonds. The maximum atomic E-state index is 12.5. The summed E-state index contributed by atoms with van der Waals surface area (Å²) < 4.78 is 5.39. The predicted octanol–water partition coefficient (Wildman–Crippen LogP) is 3.87. The van der Waals surface area contributed by atoms with Gasteiger partial charge >= 0.3 is 0 Å². The molecule has 5 heteroatoms. The first kappa shape index (κ1) is 15.6. The Kier molecular flexibility index (Phi) is 3.84. The van der Waals surface area contributed by atoms with Crippen molar-refractivity contribution < 1.29 is 9.32 Å². The molecule has 1 aromatic heterocycles. The number of amides is 1. The first-order chi connectivity index (χ1) is 12.1. The van der Waals surface area contributed by atoms with Crippen molar-refractivity contribution in [3.05, 3.63) is 65.5 Å². The van der Waals surface area contributed by atoms with E-state index in [4.69, 9.17) is 4.52 Å². The summed E-state index contributed by atoms with van der Waals surface area (Å²) in [6, 6.07) is 15.7. The van der Waals surface area contributed by atoms with E-state index >= 15 is 0 Å². The molecule has 0 aliphatic carbocycles. The number of aryl methyl sites for hydroxylation is 1. The molecule has 5 nitrogen and oxygen atoms in total. The van der Waals surface area contributed by atoms with Crippen LogP contribution in [0, 0.1) is 13.8 Å². The average molecular weight is 333 g/mol. The zero-order valence-corrected chi connectivity index (χ0v) is 14.3. The Morgan fingerprint density at radius 2 is 1.88 bits per heavy atom. The number of carbonyl (C=O) groups excluding carboxylic acids is 1. The van der Waals surface area contributed by atoms with Gasteiger partial charge in [-0.25, -0.2) is 0 Å². The van der Waals surface area contributed by atoms with Crippen LogP contribution in [0.25, 0.3) is 11.5 Å². The molecule has 2 heterocycles. The summed E-state index contributed by atoms with van der Waals surface area (Å²) in [6.07, 6.45) is 0.404. The summed E-state index contributed by atoms with van der Waals surface area (Å²) in [7, 11) is 0. The third kappa shape index (κ3) is 2.82. The highest BCUT2D eigenvalue weighted by Gasteiger charge is 2.35. The lowest BCUT2D eigenvalue weighted by Gasteiger charge is -2.19. The van der Waals surface area contributed by atoms with Crippen LogP contribution in [0.4, 0.5) is 5.69 Å². The fraction of sp³-hybridized carbons (Fsp3) is 0.250. The van der Waals surface area contributed by atoms with Gasteiger partial charge in [-0.3, -0.25) is 4.79 Å². The van der Waals surface area contributed by atoms with Gasteiger partial charge in [0.1, 0.15) is 0 Å².